The molecule has 3 rings (SSSR count). The van der Waals surface area contributed by atoms with E-state index in [-0.39, 0.29) is 16.3 Å². The van der Waals surface area contributed by atoms with Crippen molar-refractivity contribution in [2.24, 2.45) is 0 Å². The van der Waals surface area contributed by atoms with E-state index >= 15 is 0 Å². The van der Waals surface area contributed by atoms with Gasteiger partial charge in [-0.15, -0.1) is 0 Å². The van der Waals surface area contributed by atoms with Gasteiger partial charge >= 0.3 is 0 Å². The second-order valence-corrected chi connectivity index (χ2v) is 6.07. The van der Waals surface area contributed by atoms with Crippen LogP contribution in [0, 0.1) is 0 Å². The highest BCUT2D eigenvalue weighted by Gasteiger charge is 2.34. The molecule has 1 saturated heterocycles. The number of para-hydroxylation sites is 1. The average Bonchev–Trinajstić information content (AvgIpc) is 2.81. The van der Waals surface area contributed by atoms with E-state index < -0.39 is 11.8 Å². The second kappa shape index (κ2) is 6.06. The van der Waals surface area contributed by atoms with Crippen LogP contribution < -0.4 is 10.4 Å². The molecule has 7 heteroatoms. The Morgan fingerprint density at radius 2 is 1.87 bits per heavy atom. The van der Waals surface area contributed by atoms with Crippen molar-refractivity contribution in [2.75, 3.05) is 5.01 Å². The molecule has 2 aromatic carbocycles. The Morgan fingerprint density at radius 3 is 2.52 bits per heavy atom. The summed E-state index contributed by atoms with van der Waals surface area (Å²) in [5, 5.41) is 10.9. The van der Waals surface area contributed by atoms with Gasteiger partial charge in [-0.2, -0.15) is 0 Å². The van der Waals surface area contributed by atoms with Crippen molar-refractivity contribution >= 4 is 51.1 Å². The zero-order valence-corrected chi connectivity index (χ0v) is 13.9. The van der Waals surface area contributed by atoms with Gasteiger partial charge in [0, 0.05) is 0 Å². The molecular weight excluding hydrogens is 384 g/mol. The minimum atomic E-state index is -0.501. The number of phenolic OH excluding ortho intramolecular Hbond substituents is 1. The van der Waals surface area contributed by atoms with Gasteiger partial charge in [-0.1, -0.05) is 29.8 Å². The molecule has 0 atom stereocenters. The minimum absolute atomic E-state index is 0.0116. The molecule has 116 valence electrons. The molecule has 1 fully saturated rings. The molecule has 1 heterocycles. The van der Waals surface area contributed by atoms with Gasteiger partial charge < -0.3 is 5.11 Å². The number of hydrogen-bond acceptors (Lipinski definition) is 3. The number of nitrogens with one attached hydrogen (secondary N) is 1. The summed E-state index contributed by atoms with van der Waals surface area (Å²) in [5.41, 5.74) is 3.59. The van der Waals surface area contributed by atoms with E-state index in [0.717, 1.165) is 0 Å². The number of carbonyl (C=O) groups excluding carboxylic acids is 2. The van der Waals surface area contributed by atoms with Crippen molar-refractivity contribution in [3.05, 3.63) is 63.1 Å². The molecule has 5 nitrogen and oxygen atoms in total. The predicted molar refractivity (Wildman–Crippen MR) is 90.9 cm³/mol. The van der Waals surface area contributed by atoms with E-state index in [9.17, 15) is 14.7 Å². The summed E-state index contributed by atoms with van der Waals surface area (Å²) >= 11 is 9.06. The fraction of sp³-hybridized carbons (Fsp3) is 0. The highest BCUT2D eigenvalue weighted by atomic mass is 79.9. The summed E-state index contributed by atoms with van der Waals surface area (Å²) < 4.78 is 0.377. The summed E-state index contributed by atoms with van der Waals surface area (Å²) in [6.07, 6.45) is 1.43. The fourth-order valence-corrected chi connectivity index (χ4v) is 2.97. The normalized spacial score (nSPS) is 16.1. The predicted octanol–water partition coefficient (Wildman–Crippen LogP) is 3.27. The third-order valence-corrected chi connectivity index (χ3v) is 4.15. The highest BCUT2D eigenvalue weighted by Crippen LogP contribution is 2.34. The third kappa shape index (κ3) is 2.95. The Balaban J connectivity index is 1.97. The first-order chi connectivity index (χ1) is 11.0. The average molecular weight is 394 g/mol. The lowest BCUT2D eigenvalue weighted by Gasteiger charge is -2.13. The molecule has 0 radical (unpaired) electrons. The van der Waals surface area contributed by atoms with Gasteiger partial charge in [-0.3, -0.25) is 15.0 Å². The molecule has 0 saturated carbocycles. The van der Waals surface area contributed by atoms with E-state index in [1.807, 2.05) is 6.07 Å². The number of halogens is 2. The topological polar surface area (TPSA) is 69.6 Å². The lowest BCUT2D eigenvalue weighted by molar-refractivity contribution is -0.117. The van der Waals surface area contributed by atoms with Crippen LogP contribution in [0.2, 0.25) is 5.02 Å². The molecule has 1 aliphatic heterocycles. The number of nitrogens with zero attached hydrogens (tertiary/aromatic N) is 1. The minimum Gasteiger partial charge on any atom is -0.505 e. The SMILES string of the molecule is O=C1NN(c2ccccc2)C(=O)C1=Cc1cc(Cl)c(O)c(Br)c1. The highest BCUT2D eigenvalue weighted by molar-refractivity contribution is 9.10. The van der Waals surface area contributed by atoms with Crippen molar-refractivity contribution in [3.8, 4) is 5.75 Å². The molecule has 1 aliphatic rings. The zero-order chi connectivity index (χ0) is 16.6. The Hall–Kier alpha value is -2.31. The number of hydrogen-bond donors (Lipinski definition) is 2. The Labute approximate surface area is 145 Å². The number of anilines is 1. The number of carbonyl (C=O) groups is 2. The molecule has 2 amide bonds. The van der Waals surface area contributed by atoms with Crippen molar-refractivity contribution in [1.29, 1.82) is 0 Å². The number of hydrazine groups is 1. The van der Waals surface area contributed by atoms with Crippen molar-refractivity contribution in [2.45, 2.75) is 0 Å². The Kier molecular flexibility index (Phi) is 4.11. The maximum absolute atomic E-state index is 12.4. The summed E-state index contributed by atoms with van der Waals surface area (Å²) in [6.45, 7) is 0. The maximum atomic E-state index is 12.4. The van der Waals surface area contributed by atoms with Crippen LogP contribution in [-0.4, -0.2) is 16.9 Å². The molecule has 23 heavy (non-hydrogen) atoms. The van der Waals surface area contributed by atoms with Gasteiger partial charge in [-0.05, 0) is 51.8 Å². The molecule has 2 aromatic rings. The maximum Gasteiger partial charge on any atom is 0.282 e. The standard InChI is InChI=1S/C16H10BrClN2O3/c17-12-7-9(8-13(18)14(12)21)6-11-15(22)19-20(16(11)23)10-4-2-1-3-5-10/h1-8,21H,(H,19,22). The summed E-state index contributed by atoms with van der Waals surface area (Å²) in [5.74, 6) is -1.05. The quantitative estimate of drug-likeness (QED) is 0.608. The molecule has 0 aromatic heterocycles. The largest absolute Gasteiger partial charge is 0.505 e. The van der Waals surface area contributed by atoms with E-state index in [2.05, 4.69) is 21.4 Å². The molecule has 0 bridgehead atoms. The molecule has 2 N–H and O–H groups in total. The van der Waals surface area contributed by atoms with E-state index in [0.29, 0.717) is 15.7 Å². The second-order valence-electron chi connectivity index (χ2n) is 4.81. The first kappa shape index (κ1) is 15.6. The number of aromatic hydroxyl groups is 1. The summed E-state index contributed by atoms with van der Waals surface area (Å²) in [6, 6.07) is 11.8. The first-order valence-electron chi connectivity index (χ1n) is 6.57. The fourth-order valence-electron chi connectivity index (χ4n) is 2.15. The Morgan fingerprint density at radius 1 is 1.17 bits per heavy atom. The number of amides is 2. The Bertz CT molecular complexity index is 813. The van der Waals surface area contributed by atoms with Crippen molar-refractivity contribution < 1.29 is 14.7 Å². The lowest BCUT2D eigenvalue weighted by Crippen LogP contribution is -2.35. The van der Waals surface area contributed by atoms with Crippen LogP contribution in [0.5, 0.6) is 5.75 Å². The monoisotopic (exact) mass is 392 g/mol. The van der Waals surface area contributed by atoms with Crippen molar-refractivity contribution in [3.63, 3.8) is 0 Å². The van der Waals surface area contributed by atoms with E-state index in [1.54, 1.807) is 30.3 Å². The van der Waals surface area contributed by atoms with Gasteiger partial charge in [0.15, 0.2) is 0 Å². The van der Waals surface area contributed by atoms with Crippen LogP contribution in [0.15, 0.2) is 52.5 Å². The summed E-state index contributed by atoms with van der Waals surface area (Å²) in [7, 11) is 0. The third-order valence-electron chi connectivity index (χ3n) is 3.26. The van der Waals surface area contributed by atoms with E-state index in [1.165, 1.54) is 17.2 Å². The molecule has 0 unspecified atom stereocenters. The lowest BCUT2D eigenvalue weighted by atomic mass is 10.1. The van der Waals surface area contributed by atoms with Gasteiger partial charge in [0.25, 0.3) is 11.8 Å². The van der Waals surface area contributed by atoms with Crippen LogP contribution in [0.25, 0.3) is 6.08 Å². The van der Waals surface area contributed by atoms with Crippen LogP contribution in [0.4, 0.5) is 5.69 Å². The van der Waals surface area contributed by atoms with Crippen molar-refractivity contribution in [1.82, 2.24) is 5.43 Å². The van der Waals surface area contributed by atoms with Gasteiger partial charge in [0.1, 0.15) is 11.3 Å². The van der Waals surface area contributed by atoms with Gasteiger partial charge in [0.05, 0.1) is 15.2 Å². The summed E-state index contributed by atoms with van der Waals surface area (Å²) in [4.78, 5) is 24.5. The van der Waals surface area contributed by atoms with Gasteiger partial charge in [0.2, 0.25) is 0 Å². The van der Waals surface area contributed by atoms with Gasteiger partial charge in [-0.25, -0.2) is 5.01 Å². The molecule has 0 aliphatic carbocycles. The van der Waals surface area contributed by atoms with Crippen LogP contribution in [-0.2, 0) is 9.59 Å². The zero-order valence-electron chi connectivity index (χ0n) is 11.6. The molecular formula is C16H10BrClN2O3. The number of rotatable bonds is 2. The smallest absolute Gasteiger partial charge is 0.282 e. The van der Waals surface area contributed by atoms with Crippen LogP contribution in [0.3, 0.4) is 0 Å². The molecule has 0 spiro atoms. The first-order valence-corrected chi connectivity index (χ1v) is 7.74. The van der Waals surface area contributed by atoms with E-state index in [4.69, 9.17) is 11.6 Å². The number of phenols is 1. The van der Waals surface area contributed by atoms with Crippen LogP contribution >= 0.6 is 27.5 Å². The van der Waals surface area contributed by atoms with Crippen LogP contribution in [0.1, 0.15) is 5.56 Å². The number of benzene rings is 2.